The van der Waals surface area contributed by atoms with E-state index < -0.39 is 10.0 Å². The zero-order valence-corrected chi connectivity index (χ0v) is 12.9. The van der Waals surface area contributed by atoms with Crippen molar-refractivity contribution in [2.45, 2.75) is 25.2 Å². The summed E-state index contributed by atoms with van der Waals surface area (Å²) in [6, 6.07) is 14.6. The van der Waals surface area contributed by atoms with Crippen molar-refractivity contribution in [3.8, 4) is 0 Å². The molecule has 108 valence electrons. The van der Waals surface area contributed by atoms with Gasteiger partial charge in [-0.25, -0.2) is 12.4 Å². The van der Waals surface area contributed by atoms with Gasteiger partial charge in [-0.3, -0.25) is 0 Å². The van der Waals surface area contributed by atoms with E-state index >= 15 is 0 Å². The molecule has 0 aliphatic heterocycles. The molecule has 0 amide bonds. The van der Waals surface area contributed by atoms with Crippen LogP contribution in [-0.2, 0) is 16.4 Å². The summed E-state index contributed by atoms with van der Waals surface area (Å²) in [6.45, 7) is 3.97. The first-order chi connectivity index (χ1) is 10.0. The summed E-state index contributed by atoms with van der Waals surface area (Å²) in [4.78, 5) is 0.316. The Bertz CT molecular complexity index is 890. The molecule has 0 fully saturated rings. The number of nitrogens with zero attached hydrogens (tertiary/aromatic N) is 1. The maximum absolute atomic E-state index is 12.9. The molecular weight excluding hydrogens is 282 g/mol. The second kappa shape index (κ2) is 5.04. The number of hydrogen-bond donors (Lipinski definition) is 0. The van der Waals surface area contributed by atoms with Gasteiger partial charge in [0.05, 0.1) is 10.4 Å². The SMILES string of the molecule is CCc1cn(S(=O)(=O)c2ccc(C)cc2)c2ccccc12. The van der Waals surface area contributed by atoms with E-state index in [0.717, 1.165) is 28.5 Å². The molecule has 4 heteroatoms. The monoisotopic (exact) mass is 299 g/mol. The van der Waals surface area contributed by atoms with Crippen LogP contribution >= 0.6 is 0 Å². The minimum Gasteiger partial charge on any atom is -0.241 e. The van der Waals surface area contributed by atoms with Gasteiger partial charge in [0.25, 0.3) is 10.0 Å². The topological polar surface area (TPSA) is 39.1 Å². The maximum atomic E-state index is 12.9. The largest absolute Gasteiger partial charge is 0.268 e. The molecule has 1 heterocycles. The summed E-state index contributed by atoms with van der Waals surface area (Å²) in [5.74, 6) is 0. The minimum absolute atomic E-state index is 0.316. The lowest BCUT2D eigenvalue weighted by Gasteiger charge is -2.07. The lowest BCUT2D eigenvalue weighted by molar-refractivity contribution is 0.589. The Labute approximate surface area is 124 Å². The Morgan fingerprint density at radius 3 is 2.33 bits per heavy atom. The molecule has 0 saturated heterocycles. The molecule has 0 unspecified atom stereocenters. The van der Waals surface area contributed by atoms with Gasteiger partial charge in [-0.1, -0.05) is 42.8 Å². The molecule has 2 aromatic carbocycles. The van der Waals surface area contributed by atoms with Crippen molar-refractivity contribution in [1.29, 1.82) is 0 Å². The van der Waals surface area contributed by atoms with Crippen LogP contribution < -0.4 is 0 Å². The van der Waals surface area contributed by atoms with Gasteiger partial charge in [-0.15, -0.1) is 0 Å². The van der Waals surface area contributed by atoms with Crippen LogP contribution in [-0.4, -0.2) is 12.4 Å². The summed E-state index contributed by atoms with van der Waals surface area (Å²) in [5, 5.41) is 0.996. The van der Waals surface area contributed by atoms with Crippen molar-refractivity contribution < 1.29 is 8.42 Å². The second-order valence-electron chi connectivity index (χ2n) is 5.14. The molecule has 0 bridgehead atoms. The Hall–Kier alpha value is -2.07. The van der Waals surface area contributed by atoms with E-state index in [2.05, 4.69) is 0 Å². The number of aryl methyl sites for hydroxylation is 2. The molecule has 3 nitrogen and oxygen atoms in total. The predicted octanol–water partition coefficient (Wildman–Crippen LogP) is 3.75. The minimum atomic E-state index is -3.55. The van der Waals surface area contributed by atoms with E-state index in [-0.39, 0.29) is 0 Å². The van der Waals surface area contributed by atoms with Crippen molar-refractivity contribution in [3.63, 3.8) is 0 Å². The van der Waals surface area contributed by atoms with Crippen LogP contribution in [0.25, 0.3) is 10.9 Å². The summed E-state index contributed by atoms with van der Waals surface area (Å²) in [5.41, 5.74) is 2.82. The van der Waals surface area contributed by atoms with Crippen molar-refractivity contribution in [2.75, 3.05) is 0 Å². The van der Waals surface area contributed by atoms with E-state index in [9.17, 15) is 8.42 Å². The summed E-state index contributed by atoms with van der Waals surface area (Å²) < 4.78 is 27.1. The van der Waals surface area contributed by atoms with Crippen LogP contribution in [0.2, 0.25) is 0 Å². The Kier molecular flexibility index (Phi) is 3.33. The standard InChI is InChI=1S/C17H17NO2S/c1-3-14-12-18(17-7-5-4-6-16(14)17)21(19,20)15-10-8-13(2)9-11-15/h4-12H,3H2,1-2H3. The highest BCUT2D eigenvalue weighted by atomic mass is 32.2. The molecule has 0 aliphatic carbocycles. The Morgan fingerprint density at radius 1 is 1.00 bits per heavy atom. The number of hydrogen-bond acceptors (Lipinski definition) is 2. The van der Waals surface area contributed by atoms with Crippen molar-refractivity contribution in [1.82, 2.24) is 3.97 Å². The molecule has 21 heavy (non-hydrogen) atoms. The van der Waals surface area contributed by atoms with E-state index in [0.29, 0.717) is 4.90 Å². The molecule has 0 saturated carbocycles. The molecule has 0 radical (unpaired) electrons. The van der Waals surface area contributed by atoms with Crippen LogP contribution in [0.4, 0.5) is 0 Å². The lowest BCUT2D eigenvalue weighted by atomic mass is 10.1. The molecule has 1 aromatic heterocycles. The van der Waals surface area contributed by atoms with E-state index in [4.69, 9.17) is 0 Å². The van der Waals surface area contributed by atoms with Gasteiger partial charge in [-0.05, 0) is 37.1 Å². The lowest BCUT2D eigenvalue weighted by Crippen LogP contribution is -2.11. The number of para-hydroxylation sites is 1. The van der Waals surface area contributed by atoms with Gasteiger partial charge in [0, 0.05) is 11.6 Å². The van der Waals surface area contributed by atoms with E-state index in [1.807, 2.05) is 50.2 Å². The Balaban J connectivity index is 2.26. The van der Waals surface area contributed by atoms with E-state index in [1.54, 1.807) is 18.3 Å². The fraction of sp³-hybridized carbons (Fsp3) is 0.176. The molecule has 0 spiro atoms. The van der Waals surface area contributed by atoms with Crippen LogP contribution in [0.3, 0.4) is 0 Å². The number of aromatic nitrogens is 1. The van der Waals surface area contributed by atoms with Gasteiger partial charge in [0.15, 0.2) is 0 Å². The highest BCUT2D eigenvalue weighted by Crippen LogP contribution is 2.26. The van der Waals surface area contributed by atoms with E-state index in [1.165, 1.54) is 3.97 Å². The highest BCUT2D eigenvalue weighted by molar-refractivity contribution is 7.90. The van der Waals surface area contributed by atoms with Gasteiger partial charge in [-0.2, -0.15) is 0 Å². The maximum Gasteiger partial charge on any atom is 0.268 e. The molecule has 3 rings (SSSR count). The van der Waals surface area contributed by atoms with Gasteiger partial charge in [0.1, 0.15) is 0 Å². The van der Waals surface area contributed by atoms with Crippen molar-refractivity contribution >= 4 is 20.9 Å². The Morgan fingerprint density at radius 2 is 1.67 bits per heavy atom. The molecular formula is C17H17NO2S. The summed E-state index contributed by atoms with van der Waals surface area (Å²) in [6.07, 6.45) is 2.54. The van der Waals surface area contributed by atoms with Crippen molar-refractivity contribution in [2.24, 2.45) is 0 Å². The van der Waals surface area contributed by atoms with Gasteiger partial charge < -0.3 is 0 Å². The predicted molar refractivity (Wildman–Crippen MR) is 85.1 cm³/mol. The fourth-order valence-electron chi connectivity index (χ4n) is 2.52. The quantitative estimate of drug-likeness (QED) is 0.739. The third-order valence-corrected chi connectivity index (χ3v) is 5.41. The first-order valence-electron chi connectivity index (χ1n) is 6.95. The fourth-order valence-corrected chi connectivity index (χ4v) is 3.91. The summed E-state index contributed by atoms with van der Waals surface area (Å²) >= 11 is 0. The van der Waals surface area contributed by atoms with Crippen molar-refractivity contribution in [3.05, 3.63) is 65.9 Å². The third kappa shape index (κ3) is 2.25. The number of benzene rings is 2. The van der Waals surface area contributed by atoms with Crippen LogP contribution in [0.5, 0.6) is 0 Å². The zero-order chi connectivity index (χ0) is 15.0. The summed E-state index contributed by atoms with van der Waals surface area (Å²) in [7, 11) is -3.55. The third-order valence-electron chi connectivity index (χ3n) is 3.72. The van der Waals surface area contributed by atoms with Crippen LogP contribution in [0, 0.1) is 6.92 Å². The smallest absolute Gasteiger partial charge is 0.241 e. The average Bonchev–Trinajstić information content (AvgIpc) is 2.87. The first-order valence-corrected chi connectivity index (χ1v) is 8.39. The average molecular weight is 299 g/mol. The highest BCUT2D eigenvalue weighted by Gasteiger charge is 2.20. The molecule has 0 atom stereocenters. The molecule has 3 aromatic rings. The number of fused-ring (bicyclic) bond motifs is 1. The zero-order valence-electron chi connectivity index (χ0n) is 12.1. The van der Waals surface area contributed by atoms with Crippen LogP contribution in [0.1, 0.15) is 18.1 Å². The van der Waals surface area contributed by atoms with Gasteiger partial charge in [0.2, 0.25) is 0 Å². The normalized spacial score (nSPS) is 11.9. The molecule has 0 aliphatic rings. The van der Waals surface area contributed by atoms with Gasteiger partial charge >= 0.3 is 0 Å². The molecule has 0 N–H and O–H groups in total. The van der Waals surface area contributed by atoms with Crippen LogP contribution in [0.15, 0.2) is 59.6 Å². The second-order valence-corrected chi connectivity index (χ2v) is 6.95. The first kappa shape index (κ1) is 13.9. The number of rotatable bonds is 3.